The lowest BCUT2D eigenvalue weighted by Crippen LogP contribution is -2.42. The van der Waals surface area contributed by atoms with Crippen LogP contribution in [-0.2, 0) is 24.7 Å². The third-order valence-corrected chi connectivity index (χ3v) is 9.94. The molecule has 0 radical (unpaired) electrons. The topological polar surface area (TPSA) is 36.9 Å². The molecule has 0 heterocycles. The zero-order valence-corrected chi connectivity index (χ0v) is 17.1. The molecule has 126 valence electrons. The Balaban J connectivity index is 2.59. The van der Waals surface area contributed by atoms with Crippen LogP contribution in [0, 0.1) is 0 Å². The lowest BCUT2D eigenvalue weighted by atomic mass is 10.1. The van der Waals surface area contributed by atoms with Gasteiger partial charge in [0.1, 0.15) is 5.91 Å². The maximum Gasteiger partial charge on any atom is 0.341 e. The standard InChI is InChI=1S/C16H30O4Si2/c1-13(22(6,19-4)20-5)15-9-7-14(8-10-15)11-12-21-16(17-2)18-3/h7-10,13,16H,11-12,21H2,1-6H3. The third-order valence-electron chi connectivity index (χ3n) is 4.51. The normalized spacial score (nSPS) is 14.1. The molecule has 0 N–H and O–H groups in total. The van der Waals surface area contributed by atoms with E-state index in [-0.39, 0.29) is 15.4 Å². The van der Waals surface area contributed by atoms with Crippen molar-refractivity contribution in [1.82, 2.24) is 0 Å². The molecule has 4 nitrogen and oxygen atoms in total. The first-order chi connectivity index (χ1) is 10.5. The van der Waals surface area contributed by atoms with Gasteiger partial charge >= 0.3 is 8.56 Å². The minimum absolute atomic E-state index is 0.0365. The summed E-state index contributed by atoms with van der Waals surface area (Å²) in [7, 11) is 4.42. The zero-order chi connectivity index (χ0) is 16.6. The van der Waals surface area contributed by atoms with E-state index in [9.17, 15) is 0 Å². The largest absolute Gasteiger partial charge is 0.397 e. The quantitative estimate of drug-likeness (QED) is 0.483. The first-order valence-corrected chi connectivity index (χ1v) is 12.0. The van der Waals surface area contributed by atoms with Gasteiger partial charge in [-0.25, -0.2) is 0 Å². The van der Waals surface area contributed by atoms with Crippen LogP contribution in [0.4, 0.5) is 0 Å². The predicted molar refractivity (Wildman–Crippen MR) is 95.4 cm³/mol. The molecule has 0 aromatic heterocycles. The Bertz CT molecular complexity index is 417. The highest BCUT2D eigenvalue weighted by atomic mass is 28.4. The summed E-state index contributed by atoms with van der Waals surface area (Å²) in [6.07, 6.45) is 1.09. The van der Waals surface area contributed by atoms with Crippen LogP contribution in [0.25, 0.3) is 0 Å². The summed E-state index contributed by atoms with van der Waals surface area (Å²) in [6, 6.07) is 10.0. The number of rotatable bonds is 10. The Hall–Kier alpha value is -0.506. The first kappa shape index (κ1) is 19.5. The first-order valence-electron chi connectivity index (χ1n) is 7.75. The van der Waals surface area contributed by atoms with Gasteiger partial charge in [-0.3, -0.25) is 0 Å². The Kier molecular flexibility index (Phi) is 8.52. The van der Waals surface area contributed by atoms with Gasteiger partial charge in [0.25, 0.3) is 0 Å². The van der Waals surface area contributed by atoms with Crippen LogP contribution in [-0.4, -0.2) is 52.4 Å². The average Bonchev–Trinajstić information content (AvgIpc) is 2.58. The smallest absolute Gasteiger partial charge is 0.341 e. The van der Waals surface area contributed by atoms with Gasteiger partial charge in [-0.1, -0.05) is 37.2 Å². The highest BCUT2D eigenvalue weighted by Gasteiger charge is 2.37. The van der Waals surface area contributed by atoms with Crippen molar-refractivity contribution in [2.45, 2.75) is 37.4 Å². The summed E-state index contributed by atoms with van der Waals surface area (Å²) in [5, 5.41) is 0. The monoisotopic (exact) mass is 342 g/mol. The van der Waals surface area contributed by atoms with Crippen molar-refractivity contribution in [3.63, 3.8) is 0 Å². The third kappa shape index (κ3) is 5.29. The van der Waals surface area contributed by atoms with E-state index in [1.165, 1.54) is 17.2 Å². The van der Waals surface area contributed by atoms with E-state index in [0.29, 0.717) is 5.54 Å². The summed E-state index contributed by atoms with van der Waals surface area (Å²) < 4.78 is 21.8. The van der Waals surface area contributed by atoms with Gasteiger partial charge in [0.2, 0.25) is 0 Å². The van der Waals surface area contributed by atoms with Gasteiger partial charge < -0.3 is 18.3 Å². The van der Waals surface area contributed by atoms with Crippen LogP contribution in [0.2, 0.25) is 12.6 Å². The summed E-state index contributed by atoms with van der Waals surface area (Å²) >= 11 is 0. The Morgan fingerprint density at radius 3 is 2.00 bits per heavy atom. The zero-order valence-electron chi connectivity index (χ0n) is 14.7. The summed E-state index contributed by atoms with van der Waals surface area (Å²) in [5.74, 6) is 0.0365. The van der Waals surface area contributed by atoms with Crippen LogP contribution in [0.15, 0.2) is 24.3 Å². The molecule has 0 fully saturated rings. The molecule has 1 unspecified atom stereocenters. The van der Waals surface area contributed by atoms with Crippen molar-refractivity contribution >= 4 is 18.1 Å². The van der Waals surface area contributed by atoms with Crippen molar-refractivity contribution in [1.29, 1.82) is 0 Å². The van der Waals surface area contributed by atoms with Crippen molar-refractivity contribution in [3.8, 4) is 0 Å². The summed E-state index contributed by atoms with van der Waals surface area (Å²) in [5.41, 5.74) is 2.95. The van der Waals surface area contributed by atoms with E-state index in [0.717, 1.165) is 6.42 Å². The van der Waals surface area contributed by atoms with Gasteiger partial charge in [0.05, 0.1) is 9.52 Å². The second kappa shape index (κ2) is 9.59. The van der Waals surface area contributed by atoms with Crippen LogP contribution in [0.3, 0.4) is 0 Å². The second-order valence-corrected chi connectivity index (χ2v) is 11.3. The number of hydrogen-bond donors (Lipinski definition) is 0. The Morgan fingerprint density at radius 2 is 1.55 bits per heavy atom. The van der Waals surface area contributed by atoms with Gasteiger partial charge in [0.15, 0.2) is 0 Å². The van der Waals surface area contributed by atoms with Crippen molar-refractivity contribution in [2.24, 2.45) is 0 Å². The van der Waals surface area contributed by atoms with Gasteiger partial charge in [-0.05, 0) is 24.1 Å². The highest BCUT2D eigenvalue weighted by molar-refractivity contribution is 6.67. The molecular weight excluding hydrogens is 312 g/mol. The molecular formula is C16H30O4Si2. The minimum Gasteiger partial charge on any atom is -0.397 e. The molecule has 0 bridgehead atoms. The number of hydrogen-bond acceptors (Lipinski definition) is 4. The van der Waals surface area contributed by atoms with Crippen molar-refractivity contribution < 1.29 is 18.3 Å². The lowest BCUT2D eigenvalue weighted by Gasteiger charge is -2.29. The average molecular weight is 343 g/mol. The number of aryl methyl sites for hydroxylation is 1. The lowest BCUT2D eigenvalue weighted by molar-refractivity contribution is -0.0440. The van der Waals surface area contributed by atoms with Crippen LogP contribution < -0.4 is 0 Å². The fourth-order valence-corrected chi connectivity index (χ4v) is 5.61. The van der Waals surface area contributed by atoms with Crippen molar-refractivity contribution in [3.05, 3.63) is 35.4 Å². The van der Waals surface area contributed by atoms with Gasteiger partial charge in [-0.15, -0.1) is 0 Å². The molecule has 6 heteroatoms. The number of benzene rings is 1. The van der Waals surface area contributed by atoms with E-state index in [1.807, 2.05) is 0 Å². The molecule has 1 aromatic carbocycles. The molecule has 0 amide bonds. The molecule has 1 atom stereocenters. The molecule has 0 saturated carbocycles. The van der Waals surface area contributed by atoms with Crippen LogP contribution >= 0.6 is 0 Å². The van der Waals surface area contributed by atoms with E-state index in [2.05, 4.69) is 37.7 Å². The molecule has 1 rings (SSSR count). The van der Waals surface area contributed by atoms with Crippen LogP contribution in [0.1, 0.15) is 23.6 Å². The van der Waals surface area contributed by atoms with E-state index in [4.69, 9.17) is 18.3 Å². The molecule has 1 aromatic rings. The van der Waals surface area contributed by atoms with E-state index < -0.39 is 8.56 Å². The van der Waals surface area contributed by atoms with E-state index >= 15 is 0 Å². The fourth-order valence-electron chi connectivity index (χ4n) is 2.52. The number of methoxy groups -OCH3 is 2. The Labute approximate surface area is 138 Å². The minimum atomic E-state index is -2.14. The second-order valence-electron chi connectivity index (χ2n) is 5.68. The summed E-state index contributed by atoms with van der Waals surface area (Å²) in [4.78, 5) is 0. The Morgan fingerprint density at radius 1 is 1.00 bits per heavy atom. The predicted octanol–water partition coefficient (Wildman–Crippen LogP) is 2.40. The summed E-state index contributed by atoms with van der Waals surface area (Å²) in [6.45, 7) is 4.29. The maximum atomic E-state index is 5.64. The molecule has 22 heavy (non-hydrogen) atoms. The molecule has 0 aliphatic heterocycles. The van der Waals surface area contributed by atoms with E-state index in [1.54, 1.807) is 28.4 Å². The molecule has 0 saturated heterocycles. The SMILES string of the molecule is COC(OC)[SiH2]CCc1ccc(C(C)[Si](C)(OC)OC)cc1. The molecule has 0 aliphatic rings. The molecule has 0 aliphatic carbocycles. The maximum absolute atomic E-state index is 5.64. The van der Waals surface area contributed by atoms with Gasteiger partial charge in [-0.2, -0.15) is 0 Å². The fraction of sp³-hybridized carbons (Fsp3) is 0.625. The number of ether oxygens (including phenoxy) is 2. The highest BCUT2D eigenvalue weighted by Crippen LogP contribution is 2.27. The van der Waals surface area contributed by atoms with Gasteiger partial charge in [0, 0.05) is 34.0 Å². The van der Waals surface area contributed by atoms with Crippen molar-refractivity contribution in [2.75, 3.05) is 28.4 Å². The molecule has 0 spiro atoms. The van der Waals surface area contributed by atoms with Crippen LogP contribution in [0.5, 0.6) is 0 Å².